The Hall–Kier alpha value is -2.20. The summed E-state index contributed by atoms with van der Waals surface area (Å²) in [5, 5.41) is 9.14. The molecule has 0 radical (unpaired) electrons. The Labute approximate surface area is 103 Å². The van der Waals surface area contributed by atoms with Crippen molar-refractivity contribution in [2.75, 3.05) is 0 Å². The van der Waals surface area contributed by atoms with Crippen molar-refractivity contribution in [3.8, 4) is 11.5 Å². The molecule has 3 nitrogen and oxygen atoms in total. The van der Waals surface area contributed by atoms with Crippen molar-refractivity contribution in [2.24, 2.45) is 0 Å². The molecule has 0 atom stereocenters. The summed E-state index contributed by atoms with van der Waals surface area (Å²) in [6.07, 6.45) is 0.549. The Morgan fingerprint density at radius 3 is 2.72 bits per heavy atom. The number of halogens is 1. The minimum Gasteiger partial charge on any atom is -0.457 e. The normalized spacial score (nSPS) is 10.1. The molecule has 4 heteroatoms. The van der Waals surface area contributed by atoms with Crippen LogP contribution < -0.4 is 4.74 Å². The van der Waals surface area contributed by atoms with Crippen molar-refractivity contribution >= 4 is 6.29 Å². The van der Waals surface area contributed by atoms with Gasteiger partial charge in [0, 0.05) is 17.2 Å². The van der Waals surface area contributed by atoms with E-state index in [9.17, 15) is 9.18 Å². The fraction of sp³-hybridized carbons (Fsp3) is 0.0714. The molecule has 2 aromatic carbocycles. The molecule has 0 bridgehead atoms. The number of ether oxygens (including phenoxy) is 1. The van der Waals surface area contributed by atoms with Gasteiger partial charge in [-0.2, -0.15) is 0 Å². The van der Waals surface area contributed by atoms with E-state index < -0.39 is 5.82 Å². The first-order chi connectivity index (χ1) is 8.72. The van der Waals surface area contributed by atoms with Crippen molar-refractivity contribution < 1.29 is 19.0 Å². The quantitative estimate of drug-likeness (QED) is 0.844. The standard InChI is InChI=1S/C14H11FO3/c15-12-5-10(8-16)6-13(7-12)18-14-4-2-1-3-11(14)9-17/h1-8,17H,9H2. The maximum atomic E-state index is 13.2. The van der Waals surface area contributed by atoms with E-state index in [1.165, 1.54) is 12.1 Å². The lowest BCUT2D eigenvalue weighted by Crippen LogP contribution is -1.93. The van der Waals surface area contributed by atoms with Crippen LogP contribution in [-0.2, 0) is 6.61 Å². The Kier molecular flexibility index (Phi) is 3.69. The van der Waals surface area contributed by atoms with Crippen molar-refractivity contribution in [1.29, 1.82) is 0 Å². The molecular weight excluding hydrogens is 235 g/mol. The second-order valence-corrected chi connectivity index (χ2v) is 3.71. The molecule has 18 heavy (non-hydrogen) atoms. The van der Waals surface area contributed by atoms with E-state index in [4.69, 9.17) is 9.84 Å². The molecule has 1 N–H and O–H groups in total. The maximum Gasteiger partial charge on any atom is 0.150 e. The van der Waals surface area contributed by atoms with Crippen molar-refractivity contribution in [3.63, 3.8) is 0 Å². The van der Waals surface area contributed by atoms with E-state index in [1.807, 2.05) is 0 Å². The average molecular weight is 246 g/mol. The smallest absolute Gasteiger partial charge is 0.150 e. The summed E-state index contributed by atoms with van der Waals surface area (Å²) in [5.41, 5.74) is 0.792. The van der Waals surface area contributed by atoms with E-state index in [1.54, 1.807) is 24.3 Å². The number of aliphatic hydroxyl groups is 1. The predicted molar refractivity (Wildman–Crippen MR) is 64.2 cm³/mol. The molecule has 0 saturated carbocycles. The van der Waals surface area contributed by atoms with Crippen molar-refractivity contribution in [2.45, 2.75) is 6.61 Å². The van der Waals surface area contributed by atoms with Crippen LogP contribution in [0.25, 0.3) is 0 Å². The van der Waals surface area contributed by atoms with Gasteiger partial charge in [-0.25, -0.2) is 4.39 Å². The van der Waals surface area contributed by atoms with Crippen LogP contribution in [0, 0.1) is 5.82 Å². The molecule has 0 aliphatic carbocycles. The van der Waals surface area contributed by atoms with E-state index >= 15 is 0 Å². The average Bonchev–Trinajstić information content (AvgIpc) is 2.38. The highest BCUT2D eigenvalue weighted by Crippen LogP contribution is 2.26. The third-order valence-electron chi connectivity index (χ3n) is 2.40. The van der Waals surface area contributed by atoms with Crippen LogP contribution in [0.2, 0.25) is 0 Å². The lowest BCUT2D eigenvalue weighted by Gasteiger charge is -2.09. The van der Waals surface area contributed by atoms with Crippen LogP contribution in [0.3, 0.4) is 0 Å². The number of hydrogen-bond donors (Lipinski definition) is 1. The minimum atomic E-state index is -0.545. The first-order valence-corrected chi connectivity index (χ1v) is 5.35. The van der Waals surface area contributed by atoms with Crippen LogP contribution >= 0.6 is 0 Å². The van der Waals surface area contributed by atoms with E-state index in [-0.39, 0.29) is 17.9 Å². The minimum absolute atomic E-state index is 0.175. The second kappa shape index (κ2) is 5.42. The van der Waals surface area contributed by atoms with Gasteiger partial charge in [0.25, 0.3) is 0 Å². The molecule has 0 aliphatic heterocycles. The molecule has 0 aliphatic rings. The predicted octanol–water partition coefficient (Wildman–Crippen LogP) is 2.92. The molecule has 0 fully saturated rings. The zero-order chi connectivity index (χ0) is 13.0. The lowest BCUT2D eigenvalue weighted by molar-refractivity contribution is 0.112. The maximum absolute atomic E-state index is 13.2. The highest BCUT2D eigenvalue weighted by atomic mass is 19.1. The first kappa shape index (κ1) is 12.3. The van der Waals surface area contributed by atoms with Gasteiger partial charge in [-0.3, -0.25) is 4.79 Å². The number of aliphatic hydroxyl groups excluding tert-OH is 1. The number of rotatable bonds is 4. The largest absolute Gasteiger partial charge is 0.457 e. The number of aldehydes is 1. The molecular formula is C14H11FO3. The van der Waals surface area contributed by atoms with Crippen LogP contribution in [0.15, 0.2) is 42.5 Å². The van der Waals surface area contributed by atoms with Gasteiger partial charge in [-0.15, -0.1) is 0 Å². The third kappa shape index (κ3) is 2.73. The monoisotopic (exact) mass is 246 g/mol. The molecule has 0 heterocycles. The highest BCUT2D eigenvalue weighted by molar-refractivity contribution is 5.75. The number of para-hydroxylation sites is 1. The molecule has 2 aromatic rings. The second-order valence-electron chi connectivity index (χ2n) is 3.71. The number of hydrogen-bond acceptors (Lipinski definition) is 3. The van der Waals surface area contributed by atoms with Gasteiger partial charge >= 0.3 is 0 Å². The highest BCUT2D eigenvalue weighted by Gasteiger charge is 2.06. The summed E-state index contributed by atoms with van der Waals surface area (Å²) in [7, 11) is 0. The molecule has 2 rings (SSSR count). The van der Waals surface area contributed by atoms with E-state index in [2.05, 4.69) is 0 Å². The Morgan fingerprint density at radius 1 is 1.22 bits per heavy atom. The van der Waals surface area contributed by atoms with Gasteiger partial charge in [0.2, 0.25) is 0 Å². The summed E-state index contributed by atoms with van der Waals surface area (Å²) in [4.78, 5) is 10.6. The summed E-state index contributed by atoms with van der Waals surface area (Å²) in [6.45, 7) is -0.175. The fourth-order valence-electron chi connectivity index (χ4n) is 1.57. The molecule has 0 saturated heterocycles. The van der Waals surface area contributed by atoms with Gasteiger partial charge in [-0.05, 0) is 18.2 Å². The number of carbonyl (C=O) groups excluding carboxylic acids is 1. The third-order valence-corrected chi connectivity index (χ3v) is 2.40. The van der Waals surface area contributed by atoms with Gasteiger partial charge in [0.1, 0.15) is 23.6 Å². The van der Waals surface area contributed by atoms with E-state index in [0.29, 0.717) is 17.6 Å². The Morgan fingerprint density at radius 2 is 2.00 bits per heavy atom. The molecule has 92 valence electrons. The fourth-order valence-corrected chi connectivity index (χ4v) is 1.57. The van der Waals surface area contributed by atoms with Crippen LogP contribution in [0.5, 0.6) is 11.5 Å². The number of benzene rings is 2. The summed E-state index contributed by atoms with van der Waals surface area (Å²) in [5.74, 6) is 0.108. The van der Waals surface area contributed by atoms with Crippen LogP contribution in [0.4, 0.5) is 4.39 Å². The van der Waals surface area contributed by atoms with Crippen molar-refractivity contribution in [1.82, 2.24) is 0 Å². The lowest BCUT2D eigenvalue weighted by atomic mass is 10.2. The SMILES string of the molecule is O=Cc1cc(F)cc(Oc2ccccc2CO)c1. The van der Waals surface area contributed by atoms with Gasteiger partial charge < -0.3 is 9.84 Å². The molecule has 0 unspecified atom stereocenters. The zero-order valence-electron chi connectivity index (χ0n) is 9.47. The summed E-state index contributed by atoms with van der Waals surface area (Å²) < 4.78 is 18.7. The van der Waals surface area contributed by atoms with Gasteiger partial charge in [0.05, 0.1) is 6.61 Å². The molecule has 0 amide bonds. The van der Waals surface area contributed by atoms with Gasteiger partial charge in [0.15, 0.2) is 0 Å². The van der Waals surface area contributed by atoms with Crippen molar-refractivity contribution in [3.05, 3.63) is 59.4 Å². The first-order valence-electron chi connectivity index (χ1n) is 5.35. The number of carbonyl (C=O) groups is 1. The summed E-state index contributed by atoms with van der Waals surface area (Å²) >= 11 is 0. The summed E-state index contributed by atoms with van der Waals surface area (Å²) in [6, 6.07) is 10.6. The van der Waals surface area contributed by atoms with Crippen LogP contribution in [-0.4, -0.2) is 11.4 Å². The molecule has 0 aromatic heterocycles. The Balaban J connectivity index is 2.33. The van der Waals surface area contributed by atoms with Crippen LogP contribution in [0.1, 0.15) is 15.9 Å². The van der Waals surface area contributed by atoms with E-state index in [0.717, 1.165) is 6.07 Å². The molecule has 0 spiro atoms. The topological polar surface area (TPSA) is 46.5 Å². The van der Waals surface area contributed by atoms with Gasteiger partial charge in [-0.1, -0.05) is 18.2 Å². The Bertz CT molecular complexity index is 567. The zero-order valence-corrected chi connectivity index (χ0v) is 9.47.